The van der Waals surface area contributed by atoms with Gasteiger partial charge in [-0.25, -0.2) is 9.69 Å². The molecule has 22 heavy (non-hydrogen) atoms. The molecule has 0 aromatic heterocycles. The predicted molar refractivity (Wildman–Crippen MR) is 89.3 cm³/mol. The summed E-state index contributed by atoms with van der Waals surface area (Å²) in [5.74, 6) is -0.799. The van der Waals surface area contributed by atoms with E-state index >= 15 is 0 Å². The molecule has 0 saturated carbocycles. The van der Waals surface area contributed by atoms with E-state index in [1.54, 1.807) is 6.07 Å². The molecule has 0 unspecified atom stereocenters. The summed E-state index contributed by atoms with van der Waals surface area (Å²) >= 11 is 23.9. The van der Waals surface area contributed by atoms with Gasteiger partial charge in [-0.1, -0.05) is 58.5 Å². The highest BCUT2D eigenvalue weighted by atomic mass is 35.5. The monoisotopic (exact) mass is 376 g/mol. The van der Waals surface area contributed by atoms with Crippen molar-refractivity contribution in [3.05, 3.63) is 62.1 Å². The summed E-state index contributed by atoms with van der Waals surface area (Å²) in [7, 11) is 0. The van der Waals surface area contributed by atoms with Crippen molar-refractivity contribution in [3.8, 4) is 0 Å². The van der Waals surface area contributed by atoms with Gasteiger partial charge in [-0.3, -0.25) is 4.79 Å². The molecule has 2 N–H and O–H groups in total. The van der Waals surface area contributed by atoms with E-state index in [1.807, 2.05) is 0 Å². The van der Waals surface area contributed by atoms with Crippen LogP contribution in [-0.4, -0.2) is 11.9 Å². The number of halogens is 4. The first-order chi connectivity index (χ1) is 10.3. The first-order valence-corrected chi connectivity index (χ1v) is 7.37. The molecule has 3 amide bonds. The fourth-order valence-electron chi connectivity index (χ4n) is 1.81. The molecule has 8 heteroatoms. The summed E-state index contributed by atoms with van der Waals surface area (Å²) in [5, 5.41) is 0.353. The lowest BCUT2D eigenvalue weighted by Crippen LogP contribution is -2.41. The number of carbonyl (C=O) groups is 2. The second kappa shape index (κ2) is 6.75. The van der Waals surface area contributed by atoms with E-state index < -0.39 is 11.9 Å². The molecule has 0 atom stereocenters. The van der Waals surface area contributed by atoms with E-state index in [1.165, 1.54) is 30.3 Å². The van der Waals surface area contributed by atoms with Crippen molar-refractivity contribution in [1.29, 1.82) is 0 Å². The van der Waals surface area contributed by atoms with Crippen molar-refractivity contribution in [1.82, 2.24) is 0 Å². The van der Waals surface area contributed by atoms with Gasteiger partial charge < -0.3 is 5.73 Å². The first-order valence-electron chi connectivity index (χ1n) is 5.86. The Bertz CT molecular complexity index is 744. The van der Waals surface area contributed by atoms with Gasteiger partial charge in [0.1, 0.15) is 0 Å². The van der Waals surface area contributed by atoms with Crippen LogP contribution >= 0.6 is 46.4 Å². The molecule has 0 radical (unpaired) electrons. The van der Waals surface area contributed by atoms with Crippen LogP contribution in [-0.2, 0) is 0 Å². The van der Waals surface area contributed by atoms with Crippen molar-refractivity contribution >= 4 is 64.0 Å². The molecule has 0 saturated heterocycles. The van der Waals surface area contributed by atoms with Gasteiger partial charge in [0, 0.05) is 0 Å². The lowest BCUT2D eigenvalue weighted by atomic mass is 10.1. The van der Waals surface area contributed by atoms with Gasteiger partial charge in [0.2, 0.25) is 0 Å². The maximum Gasteiger partial charge on any atom is 0.326 e. The van der Waals surface area contributed by atoms with Crippen molar-refractivity contribution in [2.45, 2.75) is 0 Å². The number of primary amides is 1. The quantitative estimate of drug-likeness (QED) is 0.797. The summed E-state index contributed by atoms with van der Waals surface area (Å²) in [4.78, 5) is 25.1. The molecular formula is C14H8Cl4N2O2. The third-order valence-electron chi connectivity index (χ3n) is 2.77. The minimum Gasteiger partial charge on any atom is -0.351 e. The van der Waals surface area contributed by atoms with Gasteiger partial charge in [-0.2, -0.15) is 0 Å². The van der Waals surface area contributed by atoms with Crippen LogP contribution in [0.25, 0.3) is 0 Å². The Morgan fingerprint density at radius 1 is 0.864 bits per heavy atom. The molecule has 0 bridgehead atoms. The van der Waals surface area contributed by atoms with Crippen molar-refractivity contribution in [3.63, 3.8) is 0 Å². The summed E-state index contributed by atoms with van der Waals surface area (Å²) in [5.41, 5.74) is 5.29. The molecule has 0 heterocycles. The fourth-order valence-corrected chi connectivity index (χ4v) is 2.75. The van der Waals surface area contributed by atoms with E-state index in [0.29, 0.717) is 4.90 Å². The van der Waals surface area contributed by atoms with Crippen LogP contribution < -0.4 is 10.6 Å². The Balaban J connectivity index is 2.61. The average molecular weight is 378 g/mol. The topological polar surface area (TPSA) is 63.4 Å². The molecule has 2 aromatic carbocycles. The number of amides is 3. The second-order valence-corrected chi connectivity index (χ2v) is 5.75. The fraction of sp³-hybridized carbons (Fsp3) is 0. The molecule has 0 aliphatic rings. The van der Waals surface area contributed by atoms with Crippen LogP contribution in [0.2, 0.25) is 20.1 Å². The number of anilines is 1. The summed E-state index contributed by atoms with van der Waals surface area (Å²) in [6.07, 6.45) is 0. The summed E-state index contributed by atoms with van der Waals surface area (Å²) < 4.78 is 0. The van der Waals surface area contributed by atoms with Crippen LogP contribution in [0.4, 0.5) is 10.5 Å². The van der Waals surface area contributed by atoms with Gasteiger partial charge in [0.05, 0.1) is 31.3 Å². The number of carbonyl (C=O) groups excluding carboxylic acids is 2. The molecule has 0 aliphatic heterocycles. The SMILES string of the molecule is NC(=O)N(C(=O)c1c(Cl)cccc1Cl)c1cccc(Cl)c1Cl. The lowest BCUT2D eigenvalue weighted by molar-refractivity contribution is 0.0995. The Labute approximate surface area is 146 Å². The van der Waals surface area contributed by atoms with Gasteiger partial charge in [-0.15, -0.1) is 0 Å². The van der Waals surface area contributed by atoms with Crippen LogP contribution in [0, 0.1) is 0 Å². The van der Waals surface area contributed by atoms with Crippen LogP contribution in [0.1, 0.15) is 10.4 Å². The summed E-state index contributed by atoms with van der Waals surface area (Å²) in [6.45, 7) is 0. The van der Waals surface area contributed by atoms with Crippen LogP contribution in [0.3, 0.4) is 0 Å². The number of rotatable bonds is 2. The zero-order chi connectivity index (χ0) is 16.4. The number of benzene rings is 2. The number of nitrogens with zero attached hydrogens (tertiary/aromatic N) is 1. The van der Waals surface area contributed by atoms with Crippen molar-refractivity contribution in [2.75, 3.05) is 4.90 Å². The number of nitrogens with two attached hydrogens (primary N) is 1. The summed E-state index contributed by atoms with van der Waals surface area (Å²) in [6, 6.07) is 7.95. The number of hydrogen-bond donors (Lipinski definition) is 1. The molecule has 0 aliphatic carbocycles. The number of hydrogen-bond acceptors (Lipinski definition) is 2. The standard InChI is InChI=1S/C14H8Cl4N2O2/c15-7-3-1-4-8(16)11(7)13(21)20(14(19)22)10-6-2-5-9(17)12(10)18/h1-6H,(H2,19,22). The van der Waals surface area contributed by atoms with Crippen molar-refractivity contribution in [2.24, 2.45) is 5.73 Å². The highest BCUT2D eigenvalue weighted by Gasteiger charge is 2.28. The van der Waals surface area contributed by atoms with Gasteiger partial charge >= 0.3 is 6.03 Å². The molecule has 0 fully saturated rings. The third-order valence-corrected chi connectivity index (χ3v) is 4.21. The Morgan fingerprint density at radius 3 is 1.91 bits per heavy atom. The van der Waals surface area contributed by atoms with E-state index in [0.717, 1.165) is 0 Å². The first kappa shape index (κ1) is 16.9. The highest BCUT2D eigenvalue weighted by Crippen LogP contribution is 2.35. The van der Waals surface area contributed by atoms with Gasteiger partial charge in [0.15, 0.2) is 0 Å². The smallest absolute Gasteiger partial charge is 0.326 e. The highest BCUT2D eigenvalue weighted by molar-refractivity contribution is 6.46. The Kier molecular flexibility index (Phi) is 5.19. The zero-order valence-corrected chi connectivity index (χ0v) is 13.8. The largest absolute Gasteiger partial charge is 0.351 e. The maximum absolute atomic E-state index is 12.6. The van der Waals surface area contributed by atoms with Gasteiger partial charge in [-0.05, 0) is 24.3 Å². The zero-order valence-electron chi connectivity index (χ0n) is 10.8. The Hall–Kier alpha value is -1.46. The minimum atomic E-state index is -1.04. The molecule has 2 rings (SSSR count). The molecule has 2 aromatic rings. The van der Waals surface area contributed by atoms with E-state index in [-0.39, 0.29) is 31.3 Å². The van der Waals surface area contributed by atoms with E-state index in [4.69, 9.17) is 52.1 Å². The lowest BCUT2D eigenvalue weighted by Gasteiger charge is -2.21. The molecule has 4 nitrogen and oxygen atoms in total. The number of imide groups is 1. The number of urea groups is 1. The molecule has 0 spiro atoms. The Morgan fingerprint density at radius 2 is 1.36 bits per heavy atom. The second-order valence-electron chi connectivity index (χ2n) is 4.15. The minimum absolute atomic E-state index is 0.0134. The maximum atomic E-state index is 12.6. The average Bonchev–Trinajstić information content (AvgIpc) is 2.43. The van der Waals surface area contributed by atoms with Crippen molar-refractivity contribution < 1.29 is 9.59 Å². The molecule has 114 valence electrons. The normalized spacial score (nSPS) is 10.4. The van der Waals surface area contributed by atoms with Gasteiger partial charge in [0.25, 0.3) is 5.91 Å². The predicted octanol–water partition coefficient (Wildman–Crippen LogP) is 5.03. The third kappa shape index (κ3) is 3.15. The van der Waals surface area contributed by atoms with E-state index in [2.05, 4.69) is 0 Å². The van der Waals surface area contributed by atoms with Crippen LogP contribution in [0.5, 0.6) is 0 Å². The van der Waals surface area contributed by atoms with Crippen LogP contribution in [0.15, 0.2) is 36.4 Å². The van der Waals surface area contributed by atoms with E-state index in [9.17, 15) is 9.59 Å². The molecular weight excluding hydrogens is 370 g/mol.